The number of hydrogen-bond acceptors (Lipinski definition) is 8. The number of benzene rings is 1. The third kappa shape index (κ3) is 4.71. The quantitative estimate of drug-likeness (QED) is 0.429. The number of hydrogen-bond donors (Lipinski definition) is 1. The normalized spacial score (nSPS) is 16.9. The second-order valence-electron chi connectivity index (χ2n) is 6.63. The van der Waals surface area contributed by atoms with Crippen LogP contribution in [-0.2, 0) is 19.2 Å². The maximum Gasteiger partial charge on any atom is 0.347 e. The molecule has 1 aliphatic carbocycles. The second-order valence-corrected chi connectivity index (χ2v) is 6.63. The molecule has 3 rings (SSSR count). The fourth-order valence-corrected chi connectivity index (χ4v) is 3.09. The first-order valence-electron chi connectivity index (χ1n) is 8.96. The van der Waals surface area contributed by atoms with Gasteiger partial charge in [-0.1, -0.05) is 5.16 Å². The third-order valence-corrected chi connectivity index (χ3v) is 4.59. The molecule has 0 spiro atoms. The molecule has 1 saturated carbocycles. The number of nitrogens with zero attached hydrogens (tertiary/aromatic N) is 2. The van der Waals surface area contributed by atoms with Crippen molar-refractivity contribution in [2.45, 2.75) is 38.1 Å². The van der Waals surface area contributed by atoms with E-state index in [1.165, 1.54) is 0 Å². The summed E-state index contributed by atoms with van der Waals surface area (Å²) in [6.45, 7) is 1.01. The summed E-state index contributed by atoms with van der Waals surface area (Å²) in [5.41, 5.74) is 0.461. The van der Waals surface area contributed by atoms with E-state index in [1.807, 2.05) is 0 Å². The number of oxime groups is 1. The van der Waals surface area contributed by atoms with Crippen LogP contribution in [0, 0.1) is 11.3 Å². The lowest BCUT2D eigenvalue weighted by molar-refractivity contribution is -0.153. The lowest BCUT2D eigenvalue weighted by Crippen LogP contribution is -2.46. The Balaban J connectivity index is 1.41. The summed E-state index contributed by atoms with van der Waals surface area (Å²) < 4.78 is 15.4. The van der Waals surface area contributed by atoms with Crippen molar-refractivity contribution in [3.63, 3.8) is 0 Å². The molecule has 1 aromatic rings. The van der Waals surface area contributed by atoms with Gasteiger partial charge in [0.1, 0.15) is 5.54 Å². The molecule has 0 aromatic heterocycles. The minimum atomic E-state index is -0.841. The number of nitrogens with one attached hydrogen (secondary N) is 1. The zero-order valence-corrected chi connectivity index (χ0v) is 15.5. The van der Waals surface area contributed by atoms with Gasteiger partial charge in [0.2, 0.25) is 13.4 Å². The minimum absolute atomic E-state index is 0.181. The second kappa shape index (κ2) is 8.61. The SMILES string of the molecule is C/C(=N\OCC(=O)OCC(=O)NC1(C#N)CCCC1)c1ccc2c(c1)OCO2. The van der Waals surface area contributed by atoms with Crippen molar-refractivity contribution in [2.75, 3.05) is 20.0 Å². The van der Waals surface area contributed by atoms with Crippen molar-refractivity contribution < 1.29 is 28.6 Å². The highest BCUT2D eigenvalue weighted by Gasteiger charge is 2.35. The van der Waals surface area contributed by atoms with Crippen LogP contribution in [0.3, 0.4) is 0 Å². The molecular weight excluding hydrogens is 366 g/mol. The minimum Gasteiger partial charge on any atom is -0.454 e. The molecule has 1 aliphatic heterocycles. The molecular formula is C19H21N3O6. The topological polar surface area (TPSA) is 119 Å². The molecule has 1 fully saturated rings. The van der Waals surface area contributed by atoms with E-state index in [4.69, 9.17) is 19.0 Å². The van der Waals surface area contributed by atoms with Crippen LogP contribution in [-0.4, -0.2) is 43.1 Å². The van der Waals surface area contributed by atoms with Gasteiger partial charge < -0.3 is 24.4 Å². The van der Waals surface area contributed by atoms with Crippen LogP contribution in [0.25, 0.3) is 0 Å². The van der Waals surface area contributed by atoms with E-state index in [1.54, 1.807) is 25.1 Å². The molecule has 0 bridgehead atoms. The van der Waals surface area contributed by atoms with Crippen LogP contribution in [0.15, 0.2) is 23.4 Å². The highest BCUT2D eigenvalue weighted by atomic mass is 16.7. The number of fused-ring (bicyclic) bond motifs is 1. The van der Waals surface area contributed by atoms with Gasteiger partial charge in [-0.15, -0.1) is 0 Å². The lowest BCUT2D eigenvalue weighted by Gasteiger charge is -2.21. The van der Waals surface area contributed by atoms with E-state index in [0.717, 1.165) is 18.4 Å². The molecule has 1 aromatic carbocycles. The monoisotopic (exact) mass is 387 g/mol. The van der Waals surface area contributed by atoms with Crippen molar-refractivity contribution >= 4 is 17.6 Å². The van der Waals surface area contributed by atoms with Crippen LogP contribution >= 0.6 is 0 Å². The van der Waals surface area contributed by atoms with Gasteiger partial charge in [0, 0.05) is 5.56 Å². The summed E-state index contributed by atoms with van der Waals surface area (Å²) in [6.07, 6.45) is 3.00. The van der Waals surface area contributed by atoms with Gasteiger partial charge in [0.15, 0.2) is 18.1 Å². The molecule has 1 N–H and O–H groups in total. The van der Waals surface area contributed by atoms with E-state index in [2.05, 4.69) is 16.5 Å². The van der Waals surface area contributed by atoms with E-state index < -0.39 is 30.6 Å². The van der Waals surface area contributed by atoms with Crippen molar-refractivity contribution in [1.29, 1.82) is 5.26 Å². The van der Waals surface area contributed by atoms with Crippen molar-refractivity contribution in [3.8, 4) is 17.6 Å². The van der Waals surface area contributed by atoms with Gasteiger partial charge in [-0.3, -0.25) is 4.79 Å². The summed E-state index contributed by atoms with van der Waals surface area (Å²) >= 11 is 0. The molecule has 28 heavy (non-hydrogen) atoms. The van der Waals surface area contributed by atoms with E-state index >= 15 is 0 Å². The summed E-state index contributed by atoms with van der Waals surface area (Å²) in [5, 5.41) is 15.8. The van der Waals surface area contributed by atoms with Crippen LogP contribution in [0.1, 0.15) is 38.2 Å². The van der Waals surface area contributed by atoms with E-state index in [9.17, 15) is 14.9 Å². The molecule has 0 unspecified atom stereocenters. The predicted octanol–water partition coefficient (Wildman–Crippen LogP) is 1.65. The average molecular weight is 387 g/mol. The Labute approximate surface area is 162 Å². The zero-order chi connectivity index (χ0) is 20.0. The highest BCUT2D eigenvalue weighted by Crippen LogP contribution is 2.32. The van der Waals surface area contributed by atoms with E-state index in [0.29, 0.717) is 30.1 Å². The van der Waals surface area contributed by atoms with Gasteiger partial charge in [0.05, 0.1) is 11.8 Å². The van der Waals surface area contributed by atoms with Crippen LogP contribution in [0.5, 0.6) is 11.5 Å². The third-order valence-electron chi connectivity index (χ3n) is 4.59. The first-order valence-corrected chi connectivity index (χ1v) is 8.96. The highest BCUT2D eigenvalue weighted by molar-refractivity contribution is 5.99. The first kappa shape index (κ1) is 19.5. The van der Waals surface area contributed by atoms with Crippen molar-refractivity contribution in [2.24, 2.45) is 5.16 Å². The molecule has 9 heteroatoms. The standard InChI is InChI=1S/C19H21N3O6/c1-13(14-4-5-15-16(8-14)27-12-26-15)22-28-10-18(24)25-9-17(23)21-19(11-20)6-2-3-7-19/h4-5,8H,2-3,6-7,9-10,12H2,1H3,(H,21,23)/b22-13+. The maximum atomic E-state index is 11.9. The first-order chi connectivity index (χ1) is 13.5. The summed E-state index contributed by atoms with van der Waals surface area (Å²) in [6, 6.07) is 7.47. The van der Waals surface area contributed by atoms with Crippen molar-refractivity contribution in [1.82, 2.24) is 5.32 Å². The number of ether oxygens (including phenoxy) is 3. The molecule has 0 saturated heterocycles. The Morgan fingerprint density at radius 1 is 1.25 bits per heavy atom. The Kier molecular flexibility index (Phi) is 5.99. The summed E-state index contributed by atoms with van der Waals surface area (Å²) in [4.78, 5) is 28.6. The summed E-state index contributed by atoms with van der Waals surface area (Å²) in [7, 11) is 0. The molecule has 0 atom stereocenters. The van der Waals surface area contributed by atoms with Crippen LogP contribution < -0.4 is 14.8 Å². The number of rotatable bonds is 7. The van der Waals surface area contributed by atoms with Crippen LogP contribution in [0.2, 0.25) is 0 Å². The molecule has 0 radical (unpaired) electrons. The van der Waals surface area contributed by atoms with E-state index in [-0.39, 0.29) is 6.79 Å². The number of carbonyl (C=O) groups is 2. The summed E-state index contributed by atoms with van der Waals surface area (Å²) in [5.74, 6) is 0.0524. The molecule has 1 heterocycles. The molecule has 9 nitrogen and oxygen atoms in total. The number of carbonyl (C=O) groups excluding carboxylic acids is 2. The van der Waals surface area contributed by atoms with Gasteiger partial charge >= 0.3 is 5.97 Å². The average Bonchev–Trinajstić information content (AvgIpc) is 3.35. The predicted molar refractivity (Wildman–Crippen MR) is 96.6 cm³/mol. The Morgan fingerprint density at radius 3 is 2.75 bits per heavy atom. The molecule has 148 valence electrons. The zero-order valence-electron chi connectivity index (χ0n) is 15.5. The van der Waals surface area contributed by atoms with Crippen LogP contribution in [0.4, 0.5) is 0 Å². The lowest BCUT2D eigenvalue weighted by atomic mass is 10.00. The van der Waals surface area contributed by atoms with Gasteiger partial charge in [-0.2, -0.15) is 5.26 Å². The van der Waals surface area contributed by atoms with Crippen molar-refractivity contribution in [3.05, 3.63) is 23.8 Å². The Morgan fingerprint density at radius 2 is 2.00 bits per heavy atom. The molecule has 1 amide bonds. The van der Waals surface area contributed by atoms with Gasteiger partial charge in [-0.25, -0.2) is 4.79 Å². The fourth-order valence-electron chi connectivity index (χ4n) is 3.09. The van der Waals surface area contributed by atoms with Gasteiger partial charge in [-0.05, 0) is 50.8 Å². The van der Waals surface area contributed by atoms with Gasteiger partial charge in [0.25, 0.3) is 5.91 Å². The number of nitriles is 1. The Bertz CT molecular complexity index is 823. The number of amides is 1. The smallest absolute Gasteiger partial charge is 0.347 e. The largest absolute Gasteiger partial charge is 0.454 e. The number of esters is 1. The Hall–Kier alpha value is -3.28. The fraction of sp³-hybridized carbons (Fsp3) is 0.474. The maximum absolute atomic E-state index is 11.9. The molecule has 2 aliphatic rings.